The molecule has 0 N–H and O–H groups in total. The van der Waals surface area contributed by atoms with E-state index in [2.05, 4.69) is 19.9 Å². The van der Waals surface area contributed by atoms with Crippen molar-refractivity contribution in [3.05, 3.63) is 12.2 Å². The Hall–Kier alpha value is -0.590. The van der Waals surface area contributed by atoms with Crippen molar-refractivity contribution in [2.45, 2.75) is 33.1 Å². The zero-order chi connectivity index (χ0) is 7.61. The molecule has 0 radical (unpaired) electrons. The van der Waals surface area contributed by atoms with Gasteiger partial charge < -0.3 is 0 Å². The van der Waals surface area contributed by atoms with Gasteiger partial charge in [-0.3, -0.25) is 4.79 Å². The third-order valence-electron chi connectivity index (χ3n) is 2.49. The van der Waals surface area contributed by atoms with Crippen molar-refractivity contribution in [2.24, 2.45) is 5.41 Å². The molecule has 1 nitrogen and oxygen atoms in total. The highest BCUT2D eigenvalue weighted by molar-refractivity contribution is 5.86. The Morgan fingerprint density at radius 1 is 1.60 bits per heavy atom. The molecule has 1 atom stereocenters. The molecule has 0 amide bonds. The molecule has 0 aliphatic heterocycles. The Bertz CT molecular complexity index is 170. The Kier molecular flexibility index (Phi) is 1.93. The molecule has 0 spiro atoms. The molecular formula is C9H14O. The maximum absolute atomic E-state index is 11.3. The smallest absolute Gasteiger partial charge is 0.142 e. The standard InChI is InChI=1S/C9H14O/c1-3-9(2)7-5-4-6-8(9)10/h4-5H,3,6-7H2,1-2H3. The molecule has 1 aliphatic rings. The second kappa shape index (κ2) is 2.57. The molecule has 1 heteroatoms. The van der Waals surface area contributed by atoms with Gasteiger partial charge in [0, 0.05) is 11.8 Å². The van der Waals surface area contributed by atoms with Crippen LogP contribution in [0.2, 0.25) is 0 Å². The maximum atomic E-state index is 11.3. The summed E-state index contributed by atoms with van der Waals surface area (Å²) in [5, 5.41) is 0. The van der Waals surface area contributed by atoms with Gasteiger partial charge in [-0.05, 0) is 12.8 Å². The van der Waals surface area contributed by atoms with Crippen LogP contribution >= 0.6 is 0 Å². The fourth-order valence-corrected chi connectivity index (χ4v) is 1.24. The van der Waals surface area contributed by atoms with E-state index < -0.39 is 0 Å². The van der Waals surface area contributed by atoms with Crippen LogP contribution in [0.3, 0.4) is 0 Å². The van der Waals surface area contributed by atoms with E-state index in [-0.39, 0.29) is 5.41 Å². The van der Waals surface area contributed by atoms with Crippen molar-refractivity contribution in [1.29, 1.82) is 0 Å². The SMILES string of the molecule is CCC1(C)CC=CCC1=O. The van der Waals surface area contributed by atoms with Crippen LogP contribution < -0.4 is 0 Å². The van der Waals surface area contributed by atoms with Gasteiger partial charge in [0.15, 0.2) is 0 Å². The van der Waals surface area contributed by atoms with Crippen LogP contribution in [0, 0.1) is 5.41 Å². The van der Waals surface area contributed by atoms with E-state index >= 15 is 0 Å². The van der Waals surface area contributed by atoms with E-state index in [9.17, 15) is 4.79 Å². The molecule has 1 aliphatic carbocycles. The second-order valence-corrected chi connectivity index (χ2v) is 3.22. The van der Waals surface area contributed by atoms with Crippen molar-refractivity contribution in [1.82, 2.24) is 0 Å². The third kappa shape index (κ3) is 1.13. The molecule has 0 fully saturated rings. The Balaban J connectivity index is 2.76. The van der Waals surface area contributed by atoms with Crippen molar-refractivity contribution < 1.29 is 4.79 Å². The normalized spacial score (nSPS) is 32.8. The lowest BCUT2D eigenvalue weighted by Crippen LogP contribution is -2.27. The average Bonchev–Trinajstić information content (AvgIpc) is 1.96. The molecule has 0 heterocycles. The van der Waals surface area contributed by atoms with Crippen LogP contribution in [0.25, 0.3) is 0 Å². The summed E-state index contributed by atoms with van der Waals surface area (Å²) in [7, 11) is 0. The summed E-state index contributed by atoms with van der Waals surface area (Å²) in [5.41, 5.74) is -0.0469. The summed E-state index contributed by atoms with van der Waals surface area (Å²) in [4.78, 5) is 11.3. The molecule has 1 rings (SSSR count). The lowest BCUT2D eigenvalue weighted by atomic mass is 9.76. The number of rotatable bonds is 1. The first-order valence-corrected chi connectivity index (χ1v) is 3.87. The fourth-order valence-electron chi connectivity index (χ4n) is 1.24. The first-order chi connectivity index (χ1) is 4.69. The number of ketones is 1. The minimum atomic E-state index is -0.0469. The van der Waals surface area contributed by atoms with Crippen LogP contribution in [0.5, 0.6) is 0 Å². The summed E-state index contributed by atoms with van der Waals surface area (Å²) in [6.45, 7) is 4.13. The topological polar surface area (TPSA) is 17.1 Å². The molecule has 0 aromatic carbocycles. The van der Waals surface area contributed by atoms with Crippen LogP contribution in [0.4, 0.5) is 0 Å². The molecule has 0 aromatic heterocycles. The quantitative estimate of drug-likeness (QED) is 0.508. The van der Waals surface area contributed by atoms with Gasteiger partial charge in [-0.25, -0.2) is 0 Å². The number of allylic oxidation sites excluding steroid dienone is 2. The molecule has 56 valence electrons. The summed E-state index contributed by atoms with van der Waals surface area (Å²) in [6.07, 6.45) is 6.63. The minimum Gasteiger partial charge on any atom is -0.299 e. The molecule has 0 bridgehead atoms. The molecule has 0 aromatic rings. The van der Waals surface area contributed by atoms with Crippen molar-refractivity contribution >= 4 is 5.78 Å². The van der Waals surface area contributed by atoms with E-state index in [1.807, 2.05) is 6.08 Å². The van der Waals surface area contributed by atoms with Crippen molar-refractivity contribution in [2.75, 3.05) is 0 Å². The average molecular weight is 138 g/mol. The predicted octanol–water partition coefficient (Wildman–Crippen LogP) is 2.32. The van der Waals surface area contributed by atoms with Crippen LogP contribution in [-0.2, 0) is 4.79 Å². The van der Waals surface area contributed by atoms with E-state index in [0.29, 0.717) is 12.2 Å². The van der Waals surface area contributed by atoms with E-state index in [1.54, 1.807) is 0 Å². The van der Waals surface area contributed by atoms with Gasteiger partial charge in [0.2, 0.25) is 0 Å². The van der Waals surface area contributed by atoms with Crippen LogP contribution in [0.15, 0.2) is 12.2 Å². The van der Waals surface area contributed by atoms with E-state index in [4.69, 9.17) is 0 Å². The Morgan fingerprint density at radius 3 is 2.70 bits per heavy atom. The molecular weight excluding hydrogens is 124 g/mol. The minimum absolute atomic E-state index is 0.0469. The highest BCUT2D eigenvalue weighted by Gasteiger charge is 2.30. The number of Topliss-reactive ketones (excluding diaryl/α,β-unsaturated/α-hetero) is 1. The second-order valence-electron chi connectivity index (χ2n) is 3.22. The van der Waals surface area contributed by atoms with Gasteiger partial charge in [0.1, 0.15) is 5.78 Å². The van der Waals surface area contributed by atoms with Crippen LogP contribution in [-0.4, -0.2) is 5.78 Å². The van der Waals surface area contributed by atoms with Gasteiger partial charge in [0.05, 0.1) is 0 Å². The van der Waals surface area contributed by atoms with Gasteiger partial charge in [0.25, 0.3) is 0 Å². The summed E-state index contributed by atoms with van der Waals surface area (Å²) < 4.78 is 0. The first kappa shape index (κ1) is 7.52. The monoisotopic (exact) mass is 138 g/mol. The molecule has 0 saturated carbocycles. The summed E-state index contributed by atoms with van der Waals surface area (Å²) in [5.74, 6) is 0.400. The number of carbonyl (C=O) groups excluding carboxylic acids is 1. The van der Waals surface area contributed by atoms with Crippen molar-refractivity contribution in [3.8, 4) is 0 Å². The van der Waals surface area contributed by atoms with Gasteiger partial charge in [-0.2, -0.15) is 0 Å². The van der Waals surface area contributed by atoms with Crippen LogP contribution in [0.1, 0.15) is 33.1 Å². The number of hydrogen-bond donors (Lipinski definition) is 0. The Morgan fingerprint density at radius 2 is 2.30 bits per heavy atom. The Labute approximate surface area is 62.1 Å². The zero-order valence-corrected chi connectivity index (χ0v) is 6.68. The summed E-state index contributed by atoms with van der Waals surface area (Å²) >= 11 is 0. The lowest BCUT2D eigenvalue weighted by Gasteiger charge is -2.27. The highest BCUT2D eigenvalue weighted by Crippen LogP contribution is 2.31. The first-order valence-electron chi connectivity index (χ1n) is 3.87. The summed E-state index contributed by atoms with van der Waals surface area (Å²) in [6, 6.07) is 0. The fraction of sp³-hybridized carbons (Fsp3) is 0.667. The van der Waals surface area contributed by atoms with Gasteiger partial charge in [-0.1, -0.05) is 26.0 Å². The molecule has 1 unspecified atom stereocenters. The van der Waals surface area contributed by atoms with E-state index in [0.717, 1.165) is 12.8 Å². The third-order valence-corrected chi connectivity index (χ3v) is 2.49. The predicted molar refractivity (Wildman–Crippen MR) is 41.8 cm³/mol. The number of carbonyl (C=O) groups is 1. The van der Waals surface area contributed by atoms with Crippen molar-refractivity contribution in [3.63, 3.8) is 0 Å². The maximum Gasteiger partial charge on any atom is 0.142 e. The largest absolute Gasteiger partial charge is 0.299 e. The van der Waals surface area contributed by atoms with Gasteiger partial charge >= 0.3 is 0 Å². The lowest BCUT2D eigenvalue weighted by molar-refractivity contribution is -0.127. The molecule has 0 saturated heterocycles. The zero-order valence-electron chi connectivity index (χ0n) is 6.68. The van der Waals surface area contributed by atoms with E-state index in [1.165, 1.54) is 0 Å². The van der Waals surface area contributed by atoms with Gasteiger partial charge in [-0.15, -0.1) is 0 Å². The number of hydrogen-bond acceptors (Lipinski definition) is 1. The molecule has 10 heavy (non-hydrogen) atoms. The highest BCUT2D eigenvalue weighted by atomic mass is 16.1.